The van der Waals surface area contributed by atoms with E-state index in [2.05, 4.69) is 46.4 Å². The smallest absolute Gasteiger partial charge is 0.118 e. The first-order chi connectivity index (χ1) is 3.83. The molecule has 0 N–H and O–H groups in total. The van der Waals surface area contributed by atoms with Crippen LogP contribution >= 0.6 is 34.0 Å². The normalized spacial score (nSPS) is 4.83. The molecule has 0 spiro atoms. The molecule has 0 aromatic heterocycles. The molecule has 0 atom stereocenters. The Morgan fingerprint density at radius 2 is 0.833 bits per heavy atom. The lowest BCUT2D eigenvalue weighted by Crippen LogP contribution is -1.55. The highest BCUT2D eigenvalue weighted by atomic mass is 79.9. The van der Waals surface area contributed by atoms with E-state index in [4.69, 9.17) is 0 Å². The highest BCUT2D eigenvalue weighted by Gasteiger charge is 1.57. The second-order valence-electron chi connectivity index (χ2n) is 1.58. The molecular weight excluding hydrogens is 324 g/mol. The first-order valence-electron chi connectivity index (χ1n) is 3.23. The molecule has 0 aromatic carbocycles. The largest absolute Gasteiger partial charge is 0.269 e. The van der Waals surface area contributed by atoms with E-state index in [1.807, 2.05) is 0 Å². The van der Waals surface area contributed by atoms with Crippen molar-refractivity contribution in [2.45, 2.75) is 37.3 Å². The lowest BCUT2D eigenvalue weighted by Gasteiger charge is -1.68. The third-order valence-corrected chi connectivity index (χ3v) is 1.73. The van der Waals surface area contributed by atoms with Crippen LogP contribution in [0.5, 0.6) is 0 Å². The zero-order chi connectivity index (χ0) is 6.83. The maximum absolute atomic E-state index is 2.66. The first kappa shape index (κ1) is 37.1. The van der Waals surface area contributed by atoms with Crippen LogP contribution in [0, 0.1) is 0 Å². The molecule has 0 aliphatic heterocycles. The van der Waals surface area contributed by atoms with E-state index in [1.165, 1.54) is 23.4 Å². The van der Waals surface area contributed by atoms with Gasteiger partial charge in [0.15, 0.2) is 0 Å². The van der Waals surface area contributed by atoms with E-state index in [0.29, 0.717) is 0 Å². The molecule has 0 amide bonds. The maximum atomic E-state index is 2.66. The average molecular weight is 342 g/mol. The number of hydrogen-bond donors (Lipinski definition) is 0. The summed E-state index contributed by atoms with van der Waals surface area (Å²) < 4.78 is 0. The maximum Gasteiger partial charge on any atom is 0.118 e. The molecule has 0 rings (SSSR count). The molecule has 0 saturated heterocycles. The molecule has 0 nitrogen and oxygen atoms in total. The van der Waals surface area contributed by atoms with Crippen LogP contribution in [-0.4, -0.2) is 32.6 Å². The quantitative estimate of drug-likeness (QED) is 0.675. The number of halogens is 4. The molecule has 0 heterocycles. The summed E-state index contributed by atoms with van der Waals surface area (Å²) in [6.07, 6.45) is 2.56. The topological polar surface area (TPSA) is 0 Å². The third-order valence-electron chi connectivity index (χ3n) is 0.577. The van der Waals surface area contributed by atoms with Gasteiger partial charge in [0.05, 0.1) is 0 Å². The summed E-state index contributed by atoms with van der Waals surface area (Å²) in [5, 5.41) is 2.47. The Bertz CT molecular complexity index is 29.5. The zero-order valence-corrected chi connectivity index (χ0v) is 13.4. The van der Waals surface area contributed by atoms with E-state index in [0.717, 1.165) is 0 Å². The van der Waals surface area contributed by atoms with Crippen molar-refractivity contribution in [2.24, 2.45) is 0 Å². The van der Waals surface area contributed by atoms with Crippen molar-refractivity contribution < 1.29 is 9.41 Å². The first-order valence-corrected chi connectivity index (χ1v) is 4.86. The Balaban J connectivity index is -0.0000000112. The molecule has 0 unspecified atom stereocenters. The summed E-state index contributed by atoms with van der Waals surface area (Å²) in [5.41, 5.74) is 0. The standard InChI is InChI=1S/2C3H7.2Al.2BrH.2FH/c2*1-3-2;;;;;;/h2*1,3H2,2H3;;;4*1H. The third kappa shape index (κ3) is 93.3. The Kier molecular flexibility index (Phi) is 162. The van der Waals surface area contributed by atoms with Crippen LogP contribution in [-0.2, 0) is 0 Å². The van der Waals surface area contributed by atoms with Gasteiger partial charge in [-0.15, -0.1) is 44.5 Å². The zero-order valence-electron chi connectivity index (χ0n) is 7.62. The predicted octanol–water partition coefficient (Wildman–Crippen LogP) is 3.43. The minimum Gasteiger partial charge on any atom is -0.269 e. The summed E-state index contributed by atoms with van der Waals surface area (Å²) in [4.78, 5) is 0. The Hall–Kier alpha value is 1.88. The molecule has 0 bridgehead atoms. The van der Waals surface area contributed by atoms with Crippen LogP contribution in [0.1, 0.15) is 26.7 Å². The van der Waals surface area contributed by atoms with Gasteiger partial charge in [0, 0.05) is 0 Å². The lowest BCUT2D eigenvalue weighted by atomic mass is 10.6. The van der Waals surface area contributed by atoms with Gasteiger partial charge in [-0.05, 0) is 0 Å². The van der Waals surface area contributed by atoms with Crippen molar-refractivity contribution in [2.75, 3.05) is 0 Å². The van der Waals surface area contributed by atoms with E-state index < -0.39 is 0 Å². The van der Waals surface area contributed by atoms with Crippen molar-refractivity contribution in [3.8, 4) is 0 Å². The van der Waals surface area contributed by atoms with Gasteiger partial charge in [0.1, 0.15) is 32.6 Å². The minimum absolute atomic E-state index is 0. The fraction of sp³-hybridized carbons (Fsp3) is 1.00. The van der Waals surface area contributed by atoms with Crippen molar-refractivity contribution in [1.82, 2.24) is 0 Å². The van der Waals surface area contributed by atoms with Gasteiger partial charge in [-0.25, -0.2) is 0 Å². The van der Waals surface area contributed by atoms with Gasteiger partial charge in [-0.1, -0.05) is 26.7 Å². The summed E-state index contributed by atoms with van der Waals surface area (Å²) in [7, 11) is 0. The molecule has 0 saturated carbocycles. The second-order valence-corrected chi connectivity index (χ2v) is 2.73. The van der Waals surface area contributed by atoms with Crippen molar-refractivity contribution in [3.05, 3.63) is 0 Å². The highest BCUT2D eigenvalue weighted by molar-refractivity contribution is 8.93. The number of hydrogen-bond acceptors (Lipinski definition) is 0. The van der Waals surface area contributed by atoms with Crippen LogP contribution in [0.2, 0.25) is 10.6 Å². The monoisotopic (exact) mass is 340 g/mol. The molecule has 0 fully saturated rings. The van der Waals surface area contributed by atoms with Crippen molar-refractivity contribution >= 4 is 66.5 Å². The second kappa shape index (κ2) is 52.6. The molecule has 6 heteroatoms. The molecule has 0 aliphatic rings. The van der Waals surface area contributed by atoms with Crippen LogP contribution in [0.4, 0.5) is 9.41 Å². The van der Waals surface area contributed by atoms with Crippen LogP contribution < -0.4 is 0 Å². The summed E-state index contributed by atoms with van der Waals surface area (Å²) in [6, 6.07) is 0. The fourth-order valence-electron chi connectivity index (χ4n) is 0. The van der Waals surface area contributed by atoms with Gasteiger partial charge < -0.3 is 0 Å². The summed E-state index contributed by atoms with van der Waals surface area (Å²) in [5.74, 6) is 0. The molecule has 4 radical (unpaired) electrons. The SMILES string of the molecule is Br.Br.CC[CH2][Al].CC[CH2][Al].F.F. The van der Waals surface area contributed by atoms with Crippen molar-refractivity contribution in [1.29, 1.82) is 0 Å². The molecule has 0 aliphatic carbocycles. The van der Waals surface area contributed by atoms with Gasteiger partial charge in [-0.3, -0.25) is 9.41 Å². The Morgan fingerprint density at radius 1 is 0.750 bits per heavy atom. The van der Waals surface area contributed by atoms with Crippen LogP contribution in [0.25, 0.3) is 0 Å². The Labute approximate surface area is 112 Å². The highest BCUT2D eigenvalue weighted by Crippen LogP contribution is 1.74. The van der Waals surface area contributed by atoms with E-state index >= 15 is 0 Å². The van der Waals surface area contributed by atoms with Crippen molar-refractivity contribution in [3.63, 3.8) is 0 Å². The van der Waals surface area contributed by atoms with Gasteiger partial charge >= 0.3 is 0 Å². The predicted molar refractivity (Wildman–Crippen MR) is 67.4 cm³/mol. The lowest BCUT2D eigenvalue weighted by molar-refractivity contribution is 1.08. The number of rotatable bonds is 2. The molecule has 12 heavy (non-hydrogen) atoms. The molecule has 0 aromatic rings. The van der Waals surface area contributed by atoms with E-state index in [9.17, 15) is 0 Å². The van der Waals surface area contributed by atoms with Crippen LogP contribution in [0.3, 0.4) is 0 Å². The minimum atomic E-state index is 0. The van der Waals surface area contributed by atoms with Gasteiger partial charge in [0.25, 0.3) is 0 Å². The van der Waals surface area contributed by atoms with Gasteiger partial charge in [-0.2, -0.15) is 0 Å². The fourth-order valence-corrected chi connectivity index (χ4v) is 0. The average Bonchev–Trinajstić information content (AvgIpc) is 1.88. The van der Waals surface area contributed by atoms with E-state index in [1.54, 1.807) is 0 Å². The van der Waals surface area contributed by atoms with E-state index in [-0.39, 0.29) is 43.4 Å². The molecular formula is C6H18Al2Br2F2. The molecule has 76 valence electrons. The summed E-state index contributed by atoms with van der Waals surface area (Å²) in [6.45, 7) is 4.32. The summed E-state index contributed by atoms with van der Waals surface area (Å²) >= 11 is 5.31. The van der Waals surface area contributed by atoms with Gasteiger partial charge in [0.2, 0.25) is 0 Å². The van der Waals surface area contributed by atoms with Crippen LogP contribution in [0.15, 0.2) is 0 Å². The Morgan fingerprint density at radius 3 is 0.833 bits per heavy atom.